The second-order valence-electron chi connectivity index (χ2n) is 4.88. The third kappa shape index (κ3) is 3.28. The minimum Gasteiger partial charge on any atom is -0.320 e. The van der Waals surface area contributed by atoms with E-state index in [2.05, 4.69) is 10.4 Å². The molecule has 1 aromatic heterocycles. The zero-order valence-corrected chi connectivity index (χ0v) is 12.0. The van der Waals surface area contributed by atoms with E-state index in [0.29, 0.717) is 5.69 Å². The summed E-state index contributed by atoms with van der Waals surface area (Å²) in [7, 11) is 0. The Morgan fingerprint density at radius 3 is 2.59 bits per heavy atom. The smallest absolute Gasteiger partial charge is 0.320 e. The average Bonchev–Trinajstić information content (AvgIpc) is 2.78. The van der Waals surface area contributed by atoms with Gasteiger partial charge in [-0.25, -0.2) is 4.68 Å². The van der Waals surface area contributed by atoms with Gasteiger partial charge in [0.1, 0.15) is 5.82 Å². The van der Waals surface area contributed by atoms with Crippen LogP contribution in [0.2, 0.25) is 0 Å². The molecule has 0 fully saturated rings. The van der Waals surface area contributed by atoms with Crippen LogP contribution in [0.25, 0.3) is 5.69 Å². The van der Waals surface area contributed by atoms with Gasteiger partial charge in [0.05, 0.1) is 23.0 Å². The van der Waals surface area contributed by atoms with Gasteiger partial charge >= 0.3 is 6.18 Å². The number of carbonyl (C=O) groups excluding carboxylic acids is 1. The molecule has 8 heteroatoms. The Kier molecular flexibility index (Phi) is 4.23. The van der Waals surface area contributed by atoms with E-state index in [4.69, 9.17) is 5.73 Å². The number of anilines is 1. The molecular weight excluding hydrogens is 297 g/mol. The van der Waals surface area contributed by atoms with E-state index >= 15 is 0 Å². The van der Waals surface area contributed by atoms with Crippen molar-refractivity contribution in [1.82, 2.24) is 9.78 Å². The Hall–Kier alpha value is -2.35. The molecular formula is C14H15F3N4O. The summed E-state index contributed by atoms with van der Waals surface area (Å²) in [6.07, 6.45) is -4.53. The van der Waals surface area contributed by atoms with Crippen LogP contribution < -0.4 is 11.1 Å². The van der Waals surface area contributed by atoms with Crippen molar-refractivity contribution in [3.8, 4) is 5.69 Å². The van der Waals surface area contributed by atoms with Gasteiger partial charge in [-0.1, -0.05) is 12.1 Å². The number of para-hydroxylation sites is 1. The number of hydrogen-bond donors (Lipinski definition) is 2. The number of aryl methyl sites for hydroxylation is 1. The Morgan fingerprint density at radius 2 is 2.00 bits per heavy atom. The van der Waals surface area contributed by atoms with Gasteiger partial charge < -0.3 is 11.1 Å². The van der Waals surface area contributed by atoms with Gasteiger partial charge in [0.25, 0.3) is 0 Å². The van der Waals surface area contributed by atoms with Crippen molar-refractivity contribution in [3.05, 3.63) is 41.6 Å². The molecule has 118 valence electrons. The van der Waals surface area contributed by atoms with Gasteiger partial charge in [-0.15, -0.1) is 0 Å². The highest BCUT2D eigenvalue weighted by atomic mass is 19.4. The lowest BCUT2D eigenvalue weighted by Crippen LogP contribution is -2.33. The second kappa shape index (κ2) is 5.80. The maximum atomic E-state index is 13.1. The summed E-state index contributed by atoms with van der Waals surface area (Å²) < 4.78 is 40.4. The van der Waals surface area contributed by atoms with Gasteiger partial charge in [-0.2, -0.15) is 18.3 Å². The zero-order chi connectivity index (χ0) is 16.5. The summed E-state index contributed by atoms with van der Waals surface area (Å²) >= 11 is 0. The molecule has 1 amide bonds. The minimum absolute atomic E-state index is 0.136. The zero-order valence-electron chi connectivity index (χ0n) is 12.0. The summed E-state index contributed by atoms with van der Waals surface area (Å²) in [5.41, 5.74) is 4.92. The maximum absolute atomic E-state index is 13.1. The summed E-state index contributed by atoms with van der Waals surface area (Å²) in [6, 6.07) is 5.71. The van der Waals surface area contributed by atoms with Crippen molar-refractivity contribution in [2.45, 2.75) is 26.1 Å². The monoisotopic (exact) mass is 312 g/mol. The number of aromatic nitrogens is 2. The number of nitrogens with two attached hydrogens (primary N) is 1. The first-order valence-electron chi connectivity index (χ1n) is 6.50. The molecule has 0 unspecified atom stereocenters. The van der Waals surface area contributed by atoms with Crippen LogP contribution in [-0.2, 0) is 11.0 Å². The number of nitrogens with zero attached hydrogens (tertiary/aromatic N) is 2. The largest absolute Gasteiger partial charge is 0.418 e. The van der Waals surface area contributed by atoms with E-state index in [1.807, 2.05) is 0 Å². The summed E-state index contributed by atoms with van der Waals surface area (Å²) in [5.74, 6) is -0.373. The quantitative estimate of drug-likeness (QED) is 0.914. The molecule has 0 spiro atoms. The maximum Gasteiger partial charge on any atom is 0.418 e. The molecule has 0 aliphatic rings. The molecule has 3 N–H and O–H groups in total. The van der Waals surface area contributed by atoms with Gasteiger partial charge in [-0.3, -0.25) is 4.79 Å². The third-order valence-corrected chi connectivity index (χ3v) is 2.93. The molecule has 1 atom stereocenters. The molecule has 0 saturated heterocycles. The molecule has 0 radical (unpaired) electrons. The molecule has 5 nitrogen and oxygen atoms in total. The molecule has 2 aromatic rings. The first-order chi connectivity index (χ1) is 10.2. The van der Waals surface area contributed by atoms with Gasteiger partial charge in [0.2, 0.25) is 5.91 Å². The van der Waals surface area contributed by atoms with Crippen molar-refractivity contribution >= 4 is 11.7 Å². The molecule has 1 heterocycles. The standard InChI is InChI=1S/C14H15F3N4O/c1-8-7-12(19-13(22)9(2)18)21(20-8)11-6-4-3-5-10(11)14(15,16)17/h3-7,9H,18H2,1-2H3,(H,19,22)/t9-/m0/s1. The number of rotatable bonds is 3. The normalized spacial score (nSPS) is 13.0. The van der Waals surface area contributed by atoms with E-state index in [-0.39, 0.29) is 11.5 Å². The first kappa shape index (κ1) is 16.0. The van der Waals surface area contributed by atoms with E-state index in [1.165, 1.54) is 31.2 Å². The van der Waals surface area contributed by atoms with E-state index in [9.17, 15) is 18.0 Å². The van der Waals surface area contributed by atoms with Crippen molar-refractivity contribution in [3.63, 3.8) is 0 Å². The van der Waals surface area contributed by atoms with Gasteiger partial charge in [-0.05, 0) is 26.0 Å². The van der Waals surface area contributed by atoms with Gasteiger partial charge in [0.15, 0.2) is 0 Å². The highest BCUT2D eigenvalue weighted by molar-refractivity contribution is 5.94. The topological polar surface area (TPSA) is 72.9 Å². The lowest BCUT2D eigenvalue weighted by atomic mass is 10.1. The van der Waals surface area contributed by atoms with Crippen LogP contribution in [0, 0.1) is 6.92 Å². The molecule has 0 aliphatic carbocycles. The predicted molar refractivity (Wildman–Crippen MR) is 75.6 cm³/mol. The number of benzene rings is 1. The van der Waals surface area contributed by atoms with Gasteiger partial charge in [0, 0.05) is 6.07 Å². The number of amides is 1. The van der Waals surface area contributed by atoms with Crippen LogP contribution in [-0.4, -0.2) is 21.7 Å². The fourth-order valence-corrected chi connectivity index (χ4v) is 1.91. The number of alkyl halides is 3. The Labute approximate surface area is 124 Å². The van der Waals surface area contributed by atoms with Crippen LogP contribution >= 0.6 is 0 Å². The van der Waals surface area contributed by atoms with Crippen molar-refractivity contribution in [2.75, 3.05) is 5.32 Å². The fourth-order valence-electron chi connectivity index (χ4n) is 1.91. The number of nitrogens with one attached hydrogen (secondary N) is 1. The first-order valence-corrected chi connectivity index (χ1v) is 6.50. The number of halogens is 3. The van der Waals surface area contributed by atoms with Crippen LogP contribution in [0.3, 0.4) is 0 Å². The third-order valence-electron chi connectivity index (χ3n) is 2.93. The van der Waals surface area contributed by atoms with Crippen LogP contribution in [0.1, 0.15) is 18.2 Å². The summed E-state index contributed by atoms with van der Waals surface area (Å²) in [6.45, 7) is 3.10. The number of carbonyl (C=O) groups is 1. The van der Waals surface area contributed by atoms with Crippen molar-refractivity contribution in [1.29, 1.82) is 0 Å². The lowest BCUT2D eigenvalue weighted by molar-refractivity contribution is -0.137. The second-order valence-corrected chi connectivity index (χ2v) is 4.88. The van der Waals surface area contributed by atoms with E-state index in [0.717, 1.165) is 10.7 Å². The average molecular weight is 312 g/mol. The highest BCUT2D eigenvalue weighted by Gasteiger charge is 2.34. The Balaban J connectivity index is 2.53. The molecule has 0 aliphatic heterocycles. The minimum atomic E-state index is -4.53. The molecule has 2 rings (SSSR count). The van der Waals surface area contributed by atoms with Crippen LogP contribution in [0.5, 0.6) is 0 Å². The Bertz CT molecular complexity index is 692. The molecule has 1 aromatic carbocycles. The highest BCUT2D eigenvalue weighted by Crippen LogP contribution is 2.34. The molecule has 0 bridgehead atoms. The Morgan fingerprint density at radius 1 is 1.36 bits per heavy atom. The molecule has 22 heavy (non-hydrogen) atoms. The number of hydrogen-bond acceptors (Lipinski definition) is 3. The molecule has 0 saturated carbocycles. The lowest BCUT2D eigenvalue weighted by Gasteiger charge is -2.15. The van der Waals surface area contributed by atoms with E-state index < -0.39 is 23.7 Å². The van der Waals surface area contributed by atoms with Crippen molar-refractivity contribution < 1.29 is 18.0 Å². The van der Waals surface area contributed by atoms with Crippen molar-refractivity contribution in [2.24, 2.45) is 5.73 Å². The SMILES string of the molecule is Cc1cc(NC(=O)[C@H](C)N)n(-c2ccccc2C(F)(F)F)n1. The van der Waals surface area contributed by atoms with Crippen LogP contribution in [0.15, 0.2) is 30.3 Å². The van der Waals surface area contributed by atoms with Crippen LogP contribution in [0.4, 0.5) is 19.0 Å². The van der Waals surface area contributed by atoms with E-state index in [1.54, 1.807) is 6.92 Å². The predicted octanol–water partition coefficient (Wildman–Crippen LogP) is 2.49. The summed E-state index contributed by atoms with van der Waals surface area (Å²) in [5, 5.41) is 6.51. The fraction of sp³-hybridized carbons (Fsp3) is 0.286. The summed E-state index contributed by atoms with van der Waals surface area (Å²) in [4.78, 5) is 11.7.